The van der Waals surface area contributed by atoms with E-state index in [4.69, 9.17) is 5.26 Å². The van der Waals surface area contributed by atoms with Crippen molar-refractivity contribution in [3.8, 4) is 6.07 Å². The van der Waals surface area contributed by atoms with Crippen LogP contribution >= 0.6 is 0 Å². The van der Waals surface area contributed by atoms with E-state index in [2.05, 4.69) is 24.5 Å². The molecule has 1 aromatic rings. The third kappa shape index (κ3) is 3.14. The quantitative estimate of drug-likeness (QED) is 0.699. The minimum atomic E-state index is 0.696. The van der Waals surface area contributed by atoms with Crippen LogP contribution in [0.15, 0.2) is 36.4 Å². The Morgan fingerprint density at radius 1 is 1.53 bits per heavy atom. The molecule has 0 bridgehead atoms. The lowest BCUT2D eigenvalue weighted by Gasteiger charge is -2.20. The maximum absolute atomic E-state index is 8.79. The summed E-state index contributed by atoms with van der Waals surface area (Å²) < 4.78 is 0. The predicted molar refractivity (Wildman–Crippen MR) is 63.9 cm³/mol. The largest absolute Gasteiger partial charge is 0.371 e. The standard InChI is InChI=1S/C13H16N2/c1-4-11(2)10-15(3)13-7-5-6-12(8-13)9-14/h5-8H,2,4,10H2,1,3H3. The molecule has 15 heavy (non-hydrogen) atoms. The third-order valence-corrected chi connectivity index (χ3v) is 2.38. The van der Waals surface area contributed by atoms with E-state index in [0.29, 0.717) is 5.56 Å². The maximum atomic E-state index is 8.79. The smallest absolute Gasteiger partial charge is 0.0992 e. The van der Waals surface area contributed by atoms with E-state index >= 15 is 0 Å². The van der Waals surface area contributed by atoms with Gasteiger partial charge in [0.15, 0.2) is 0 Å². The second-order valence-corrected chi connectivity index (χ2v) is 3.62. The first kappa shape index (κ1) is 11.3. The minimum absolute atomic E-state index is 0.696. The van der Waals surface area contributed by atoms with Crippen molar-refractivity contribution in [3.63, 3.8) is 0 Å². The molecule has 0 fully saturated rings. The number of benzene rings is 1. The van der Waals surface area contributed by atoms with Crippen molar-refractivity contribution in [1.29, 1.82) is 5.26 Å². The predicted octanol–water partition coefficient (Wildman–Crippen LogP) is 2.96. The van der Waals surface area contributed by atoms with Gasteiger partial charge in [0.05, 0.1) is 11.6 Å². The van der Waals surface area contributed by atoms with Gasteiger partial charge in [-0.1, -0.05) is 25.1 Å². The van der Waals surface area contributed by atoms with Crippen molar-refractivity contribution in [1.82, 2.24) is 0 Å². The third-order valence-electron chi connectivity index (χ3n) is 2.38. The van der Waals surface area contributed by atoms with Gasteiger partial charge >= 0.3 is 0 Å². The molecule has 1 aromatic carbocycles. The molecule has 0 amide bonds. The molecule has 0 saturated heterocycles. The van der Waals surface area contributed by atoms with Crippen LogP contribution < -0.4 is 4.90 Å². The molecule has 0 heterocycles. The zero-order chi connectivity index (χ0) is 11.3. The Hall–Kier alpha value is -1.75. The van der Waals surface area contributed by atoms with E-state index in [-0.39, 0.29) is 0 Å². The summed E-state index contributed by atoms with van der Waals surface area (Å²) in [5.41, 5.74) is 2.95. The lowest BCUT2D eigenvalue weighted by atomic mass is 10.2. The van der Waals surface area contributed by atoms with E-state index in [0.717, 1.165) is 18.7 Å². The first-order chi connectivity index (χ1) is 7.17. The summed E-state index contributed by atoms with van der Waals surface area (Å²) in [4.78, 5) is 2.10. The molecule has 0 atom stereocenters. The zero-order valence-corrected chi connectivity index (χ0v) is 9.33. The molecule has 1 rings (SSSR count). The average molecular weight is 200 g/mol. The van der Waals surface area contributed by atoms with Gasteiger partial charge in [-0.15, -0.1) is 0 Å². The van der Waals surface area contributed by atoms with Crippen molar-refractivity contribution >= 4 is 5.69 Å². The molecular weight excluding hydrogens is 184 g/mol. The molecular formula is C13H16N2. The highest BCUT2D eigenvalue weighted by Crippen LogP contribution is 2.15. The van der Waals surface area contributed by atoms with Crippen LogP contribution in [0.5, 0.6) is 0 Å². The monoisotopic (exact) mass is 200 g/mol. The summed E-state index contributed by atoms with van der Waals surface area (Å²) in [6.07, 6.45) is 0.988. The van der Waals surface area contributed by atoms with Crippen LogP contribution in [0.2, 0.25) is 0 Å². The van der Waals surface area contributed by atoms with Gasteiger partial charge in [0, 0.05) is 19.3 Å². The highest BCUT2D eigenvalue weighted by molar-refractivity contribution is 5.51. The SMILES string of the molecule is C=C(CC)CN(C)c1cccc(C#N)c1. The normalized spacial score (nSPS) is 9.40. The van der Waals surface area contributed by atoms with Gasteiger partial charge in [-0.3, -0.25) is 0 Å². The van der Waals surface area contributed by atoms with Gasteiger partial charge in [0.1, 0.15) is 0 Å². The van der Waals surface area contributed by atoms with Crippen molar-refractivity contribution in [2.45, 2.75) is 13.3 Å². The summed E-state index contributed by atoms with van der Waals surface area (Å²) in [6, 6.07) is 9.75. The van der Waals surface area contributed by atoms with Crippen molar-refractivity contribution in [2.75, 3.05) is 18.5 Å². The van der Waals surface area contributed by atoms with Gasteiger partial charge < -0.3 is 4.90 Å². The molecule has 2 nitrogen and oxygen atoms in total. The fraction of sp³-hybridized carbons (Fsp3) is 0.308. The molecule has 78 valence electrons. The van der Waals surface area contributed by atoms with Crippen LogP contribution in [0.1, 0.15) is 18.9 Å². The van der Waals surface area contributed by atoms with Crippen LogP contribution in [0.3, 0.4) is 0 Å². The molecule has 0 aliphatic heterocycles. The van der Waals surface area contributed by atoms with Crippen LogP contribution in [0.25, 0.3) is 0 Å². The first-order valence-corrected chi connectivity index (χ1v) is 5.05. The Bertz CT molecular complexity index is 388. The molecule has 0 aliphatic rings. The number of nitrogens with zero attached hydrogens (tertiary/aromatic N) is 2. The highest BCUT2D eigenvalue weighted by atomic mass is 15.1. The Balaban J connectivity index is 2.78. The van der Waals surface area contributed by atoms with Gasteiger partial charge in [0.2, 0.25) is 0 Å². The molecule has 2 heteroatoms. The number of hydrogen-bond donors (Lipinski definition) is 0. The lowest BCUT2D eigenvalue weighted by molar-refractivity contribution is 0.931. The Kier molecular flexibility index (Phi) is 3.93. The van der Waals surface area contributed by atoms with Crippen LogP contribution in [-0.4, -0.2) is 13.6 Å². The summed E-state index contributed by atoms with van der Waals surface area (Å²) >= 11 is 0. The van der Waals surface area contributed by atoms with E-state index in [1.165, 1.54) is 5.57 Å². The molecule has 0 saturated carbocycles. The number of hydrogen-bond acceptors (Lipinski definition) is 2. The number of rotatable bonds is 4. The highest BCUT2D eigenvalue weighted by Gasteiger charge is 2.02. The topological polar surface area (TPSA) is 27.0 Å². The summed E-state index contributed by atoms with van der Waals surface area (Å²) in [7, 11) is 2.01. The fourth-order valence-corrected chi connectivity index (χ4v) is 1.35. The molecule has 0 unspecified atom stereocenters. The average Bonchev–Trinajstić information content (AvgIpc) is 2.28. The number of nitriles is 1. The molecule has 0 aromatic heterocycles. The summed E-state index contributed by atoms with van der Waals surface area (Å²) in [6.45, 7) is 6.91. The number of likely N-dealkylation sites (N-methyl/N-ethyl adjacent to an activating group) is 1. The van der Waals surface area contributed by atoms with Crippen molar-refractivity contribution in [2.24, 2.45) is 0 Å². The molecule has 0 radical (unpaired) electrons. The van der Waals surface area contributed by atoms with E-state index in [1.54, 1.807) is 0 Å². The zero-order valence-electron chi connectivity index (χ0n) is 9.33. The number of anilines is 1. The van der Waals surface area contributed by atoms with Gasteiger partial charge in [-0.2, -0.15) is 5.26 Å². The van der Waals surface area contributed by atoms with Crippen LogP contribution in [0.4, 0.5) is 5.69 Å². The van der Waals surface area contributed by atoms with Gasteiger partial charge in [-0.05, 0) is 24.6 Å². The minimum Gasteiger partial charge on any atom is -0.371 e. The molecule has 0 N–H and O–H groups in total. The van der Waals surface area contributed by atoms with Gasteiger partial charge in [0.25, 0.3) is 0 Å². The maximum Gasteiger partial charge on any atom is 0.0992 e. The Morgan fingerprint density at radius 3 is 2.87 bits per heavy atom. The summed E-state index contributed by atoms with van der Waals surface area (Å²) in [5, 5.41) is 8.79. The molecule has 0 aliphatic carbocycles. The van der Waals surface area contributed by atoms with E-state index in [1.807, 2.05) is 31.3 Å². The fourth-order valence-electron chi connectivity index (χ4n) is 1.35. The van der Waals surface area contributed by atoms with E-state index < -0.39 is 0 Å². The second-order valence-electron chi connectivity index (χ2n) is 3.62. The second kappa shape index (κ2) is 5.21. The van der Waals surface area contributed by atoms with Crippen molar-refractivity contribution in [3.05, 3.63) is 42.0 Å². The lowest BCUT2D eigenvalue weighted by Crippen LogP contribution is -2.19. The first-order valence-electron chi connectivity index (χ1n) is 5.05. The Morgan fingerprint density at radius 2 is 2.27 bits per heavy atom. The van der Waals surface area contributed by atoms with Crippen LogP contribution in [-0.2, 0) is 0 Å². The Labute approximate surface area is 91.4 Å². The summed E-state index contributed by atoms with van der Waals surface area (Å²) in [5.74, 6) is 0. The van der Waals surface area contributed by atoms with E-state index in [9.17, 15) is 0 Å². The van der Waals surface area contributed by atoms with Crippen molar-refractivity contribution < 1.29 is 0 Å². The van der Waals surface area contributed by atoms with Crippen LogP contribution in [0, 0.1) is 11.3 Å². The van der Waals surface area contributed by atoms with Gasteiger partial charge in [-0.25, -0.2) is 0 Å². The molecule has 0 spiro atoms.